The molecule has 0 saturated heterocycles. The molecule has 1 heterocycles. The van der Waals surface area contributed by atoms with Gasteiger partial charge in [0.05, 0.1) is 12.2 Å². The molecule has 0 aromatic carbocycles. The van der Waals surface area contributed by atoms with Crippen LogP contribution in [-0.2, 0) is 13.1 Å². The van der Waals surface area contributed by atoms with Crippen molar-refractivity contribution in [1.29, 1.82) is 0 Å². The number of thiazole rings is 1. The second-order valence-electron chi connectivity index (χ2n) is 4.40. The predicted molar refractivity (Wildman–Crippen MR) is 71.8 cm³/mol. The first-order chi connectivity index (χ1) is 8.31. The third-order valence-electron chi connectivity index (χ3n) is 2.87. The van der Waals surface area contributed by atoms with Gasteiger partial charge in [-0.25, -0.2) is 4.98 Å². The molecule has 0 atom stereocenters. The number of nitrogens with one attached hydrogen (secondary N) is 1. The summed E-state index contributed by atoms with van der Waals surface area (Å²) in [5, 5.41) is 6.81. The largest absolute Gasteiger partial charge is 0.308 e. The SMILES string of the molecule is C#CCN(CC)Cc1csc(CNC2CC2)n1. The van der Waals surface area contributed by atoms with Gasteiger partial charge in [-0.05, 0) is 19.4 Å². The van der Waals surface area contributed by atoms with Crippen molar-refractivity contribution in [2.75, 3.05) is 13.1 Å². The highest BCUT2D eigenvalue weighted by Crippen LogP contribution is 2.20. The Bertz CT molecular complexity index is 390. The average molecular weight is 249 g/mol. The van der Waals surface area contributed by atoms with Crippen LogP contribution in [0.2, 0.25) is 0 Å². The number of rotatable bonds is 7. The van der Waals surface area contributed by atoms with E-state index in [0.29, 0.717) is 6.54 Å². The van der Waals surface area contributed by atoms with Gasteiger partial charge in [0, 0.05) is 24.5 Å². The lowest BCUT2D eigenvalue weighted by Crippen LogP contribution is -2.23. The van der Waals surface area contributed by atoms with Crippen LogP contribution in [0.25, 0.3) is 0 Å². The molecule has 1 aromatic heterocycles. The van der Waals surface area contributed by atoms with Crippen LogP contribution in [0, 0.1) is 12.3 Å². The fourth-order valence-electron chi connectivity index (χ4n) is 1.66. The van der Waals surface area contributed by atoms with Gasteiger partial charge in [0.25, 0.3) is 0 Å². The molecule has 1 aliphatic rings. The van der Waals surface area contributed by atoms with Crippen molar-refractivity contribution in [3.8, 4) is 12.3 Å². The zero-order valence-electron chi connectivity index (χ0n) is 10.3. The first kappa shape index (κ1) is 12.6. The van der Waals surface area contributed by atoms with Crippen LogP contribution in [0.3, 0.4) is 0 Å². The van der Waals surface area contributed by atoms with Crippen LogP contribution in [0.5, 0.6) is 0 Å². The Labute approximate surface area is 107 Å². The number of terminal acetylenes is 1. The van der Waals surface area contributed by atoms with E-state index in [4.69, 9.17) is 6.42 Å². The zero-order valence-corrected chi connectivity index (χ0v) is 11.1. The summed E-state index contributed by atoms with van der Waals surface area (Å²) in [6.45, 7) is 5.57. The number of hydrogen-bond donors (Lipinski definition) is 1. The fourth-order valence-corrected chi connectivity index (χ4v) is 2.40. The van der Waals surface area contributed by atoms with E-state index >= 15 is 0 Å². The molecule has 0 amide bonds. The summed E-state index contributed by atoms with van der Waals surface area (Å²) in [4.78, 5) is 6.84. The van der Waals surface area contributed by atoms with Crippen molar-refractivity contribution < 1.29 is 0 Å². The van der Waals surface area contributed by atoms with Crippen LogP contribution in [0.4, 0.5) is 0 Å². The van der Waals surface area contributed by atoms with Crippen molar-refractivity contribution in [2.24, 2.45) is 0 Å². The molecule has 0 spiro atoms. The van der Waals surface area contributed by atoms with Crippen LogP contribution in [-0.4, -0.2) is 29.0 Å². The molecule has 0 unspecified atom stereocenters. The highest BCUT2D eigenvalue weighted by molar-refractivity contribution is 7.09. The van der Waals surface area contributed by atoms with Gasteiger partial charge in [-0.3, -0.25) is 4.90 Å². The summed E-state index contributed by atoms with van der Waals surface area (Å²) in [6, 6.07) is 0.746. The van der Waals surface area contributed by atoms with Crippen LogP contribution < -0.4 is 5.32 Å². The summed E-state index contributed by atoms with van der Waals surface area (Å²) in [7, 11) is 0. The minimum absolute atomic E-state index is 0.698. The summed E-state index contributed by atoms with van der Waals surface area (Å²) in [6.07, 6.45) is 7.98. The molecule has 3 nitrogen and oxygen atoms in total. The van der Waals surface area contributed by atoms with E-state index in [2.05, 4.69) is 33.4 Å². The van der Waals surface area contributed by atoms with E-state index in [-0.39, 0.29) is 0 Å². The van der Waals surface area contributed by atoms with Gasteiger partial charge < -0.3 is 5.32 Å². The molecule has 1 saturated carbocycles. The lowest BCUT2D eigenvalue weighted by molar-refractivity contribution is 0.312. The highest BCUT2D eigenvalue weighted by atomic mass is 32.1. The molecule has 4 heteroatoms. The van der Waals surface area contributed by atoms with Crippen LogP contribution in [0.1, 0.15) is 30.5 Å². The molecule has 1 aromatic rings. The van der Waals surface area contributed by atoms with Gasteiger partial charge in [0.1, 0.15) is 5.01 Å². The van der Waals surface area contributed by atoms with Gasteiger partial charge in [-0.2, -0.15) is 0 Å². The first-order valence-corrected chi connectivity index (χ1v) is 7.02. The molecular weight excluding hydrogens is 230 g/mol. The maximum Gasteiger partial charge on any atom is 0.107 e. The second kappa shape index (κ2) is 6.15. The van der Waals surface area contributed by atoms with E-state index in [9.17, 15) is 0 Å². The molecule has 0 radical (unpaired) electrons. The molecule has 0 aliphatic heterocycles. The van der Waals surface area contributed by atoms with Gasteiger partial charge in [-0.15, -0.1) is 17.8 Å². The maximum atomic E-state index is 5.33. The van der Waals surface area contributed by atoms with E-state index in [1.165, 1.54) is 17.8 Å². The molecule has 0 bridgehead atoms. The Balaban J connectivity index is 1.81. The summed E-state index contributed by atoms with van der Waals surface area (Å²) < 4.78 is 0. The van der Waals surface area contributed by atoms with E-state index in [1.807, 2.05) is 0 Å². The average Bonchev–Trinajstić information content (AvgIpc) is 3.06. The minimum Gasteiger partial charge on any atom is -0.308 e. The molecule has 17 heavy (non-hydrogen) atoms. The number of nitrogens with zero attached hydrogens (tertiary/aromatic N) is 2. The molecule has 1 N–H and O–H groups in total. The Hall–Kier alpha value is -0.890. The second-order valence-corrected chi connectivity index (χ2v) is 5.34. The third-order valence-corrected chi connectivity index (χ3v) is 3.76. The lowest BCUT2D eigenvalue weighted by Gasteiger charge is -2.15. The van der Waals surface area contributed by atoms with Crippen LogP contribution >= 0.6 is 11.3 Å². The molecule has 1 aliphatic carbocycles. The fraction of sp³-hybridized carbons (Fsp3) is 0.615. The Morgan fingerprint density at radius 2 is 2.47 bits per heavy atom. The Kier molecular flexibility index (Phi) is 4.55. The van der Waals surface area contributed by atoms with E-state index in [1.54, 1.807) is 11.3 Å². The molecule has 2 rings (SSSR count). The summed E-state index contributed by atoms with van der Waals surface area (Å²) >= 11 is 1.74. The summed E-state index contributed by atoms with van der Waals surface area (Å²) in [5.74, 6) is 2.68. The third kappa shape index (κ3) is 4.12. The topological polar surface area (TPSA) is 28.2 Å². The zero-order chi connectivity index (χ0) is 12.1. The summed E-state index contributed by atoms with van der Waals surface area (Å²) in [5.41, 5.74) is 1.14. The molecule has 92 valence electrons. The lowest BCUT2D eigenvalue weighted by atomic mass is 10.4. The van der Waals surface area contributed by atoms with Gasteiger partial charge >= 0.3 is 0 Å². The Morgan fingerprint density at radius 3 is 3.12 bits per heavy atom. The minimum atomic E-state index is 0.698. The van der Waals surface area contributed by atoms with E-state index < -0.39 is 0 Å². The molecular formula is C13H19N3S. The van der Waals surface area contributed by atoms with Gasteiger partial charge in [-0.1, -0.05) is 12.8 Å². The van der Waals surface area contributed by atoms with Crippen LogP contribution in [0.15, 0.2) is 5.38 Å². The van der Waals surface area contributed by atoms with Gasteiger partial charge in [0.2, 0.25) is 0 Å². The monoisotopic (exact) mass is 249 g/mol. The number of hydrogen-bond acceptors (Lipinski definition) is 4. The van der Waals surface area contributed by atoms with Gasteiger partial charge in [0.15, 0.2) is 0 Å². The quantitative estimate of drug-likeness (QED) is 0.748. The number of aromatic nitrogens is 1. The molecule has 1 fully saturated rings. The first-order valence-electron chi connectivity index (χ1n) is 6.14. The van der Waals surface area contributed by atoms with Crippen molar-refractivity contribution in [3.05, 3.63) is 16.1 Å². The normalized spacial score (nSPS) is 15.1. The maximum absolute atomic E-state index is 5.33. The van der Waals surface area contributed by atoms with Crippen molar-refractivity contribution in [3.63, 3.8) is 0 Å². The van der Waals surface area contributed by atoms with E-state index in [0.717, 1.165) is 31.4 Å². The standard InChI is InChI=1S/C13H19N3S/c1-3-7-16(4-2)9-12-10-17-13(15-12)8-14-11-5-6-11/h1,10-11,14H,4-9H2,2H3. The highest BCUT2D eigenvalue weighted by Gasteiger charge is 2.20. The smallest absolute Gasteiger partial charge is 0.107 e. The van der Waals surface area contributed by atoms with Crippen molar-refractivity contribution >= 4 is 11.3 Å². The predicted octanol–water partition coefficient (Wildman–Crippen LogP) is 1.85. The Morgan fingerprint density at radius 1 is 1.65 bits per heavy atom. The van der Waals surface area contributed by atoms with Crippen molar-refractivity contribution in [2.45, 2.75) is 38.9 Å². The van der Waals surface area contributed by atoms with Crippen molar-refractivity contribution in [1.82, 2.24) is 15.2 Å².